The number of hydrogen-bond acceptors (Lipinski definition) is 5. The smallest absolute Gasteiger partial charge is 0.309 e. The Kier molecular flexibility index (Phi) is 4.83. The molecule has 0 saturated heterocycles. The van der Waals surface area contributed by atoms with Crippen LogP contribution in [0.25, 0.3) is 27.3 Å². The molecule has 0 aliphatic rings. The van der Waals surface area contributed by atoms with Gasteiger partial charge in [0.25, 0.3) is 0 Å². The highest BCUT2D eigenvalue weighted by Crippen LogP contribution is 2.33. The van der Waals surface area contributed by atoms with Gasteiger partial charge >= 0.3 is 5.97 Å². The molecule has 0 atom stereocenters. The fraction of sp³-hybridized carbons (Fsp3) is 0.190. The van der Waals surface area contributed by atoms with E-state index in [4.69, 9.17) is 5.11 Å². The monoisotopic (exact) mass is 392 g/mol. The summed E-state index contributed by atoms with van der Waals surface area (Å²) in [6, 6.07) is 12.4. The van der Waals surface area contributed by atoms with Crippen LogP contribution in [0, 0.1) is 0 Å². The Bertz CT molecular complexity index is 1130. The molecule has 3 aromatic heterocycles. The van der Waals surface area contributed by atoms with E-state index in [1.54, 1.807) is 17.5 Å². The van der Waals surface area contributed by atoms with E-state index in [9.17, 15) is 4.79 Å². The maximum absolute atomic E-state index is 11.1. The van der Waals surface area contributed by atoms with Gasteiger partial charge in [0.1, 0.15) is 15.7 Å². The van der Waals surface area contributed by atoms with Crippen molar-refractivity contribution in [3.8, 4) is 21.7 Å². The van der Waals surface area contributed by atoms with Gasteiger partial charge in [-0.25, -0.2) is 9.97 Å². The molecule has 0 saturated carbocycles. The predicted molar refractivity (Wildman–Crippen MR) is 112 cm³/mol. The number of aliphatic carboxylic acids is 1. The van der Waals surface area contributed by atoms with Crippen molar-refractivity contribution >= 4 is 28.0 Å². The average molecular weight is 392 g/mol. The molecule has 0 aliphatic carbocycles. The van der Waals surface area contributed by atoms with E-state index in [2.05, 4.69) is 35.2 Å². The van der Waals surface area contributed by atoms with Crippen LogP contribution in [0.5, 0.6) is 0 Å². The molecule has 0 radical (unpaired) electrons. The second-order valence-electron chi connectivity index (χ2n) is 6.87. The lowest BCUT2D eigenvalue weighted by Crippen LogP contribution is -2.07. The molecule has 142 valence electrons. The molecule has 0 aliphatic heterocycles. The van der Waals surface area contributed by atoms with Crippen molar-refractivity contribution in [3.05, 3.63) is 60.7 Å². The summed E-state index contributed by atoms with van der Waals surface area (Å²) < 4.78 is 1.90. The van der Waals surface area contributed by atoms with Gasteiger partial charge in [-0.1, -0.05) is 41.7 Å². The second-order valence-corrected chi connectivity index (χ2v) is 7.90. The molecule has 4 rings (SSSR count). The summed E-state index contributed by atoms with van der Waals surface area (Å²) in [5, 5.41) is 14.4. The van der Waals surface area contributed by atoms with Crippen LogP contribution in [0.15, 0.2) is 55.0 Å². The molecule has 6 nitrogen and oxygen atoms in total. The first-order chi connectivity index (χ1) is 13.5. The predicted octanol–water partition coefficient (Wildman–Crippen LogP) is 4.57. The van der Waals surface area contributed by atoms with E-state index >= 15 is 0 Å². The molecule has 1 aromatic carbocycles. The topological polar surface area (TPSA) is 79.5 Å². The minimum absolute atomic E-state index is 0.106. The average Bonchev–Trinajstić information content (AvgIpc) is 3.26. The first kappa shape index (κ1) is 18.2. The number of imidazole rings is 1. The Hall–Kier alpha value is -3.19. The van der Waals surface area contributed by atoms with Crippen LogP contribution in [-0.4, -0.2) is 31.5 Å². The maximum Gasteiger partial charge on any atom is 0.309 e. The van der Waals surface area contributed by atoms with Gasteiger partial charge in [0.2, 0.25) is 0 Å². The summed E-state index contributed by atoms with van der Waals surface area (Å²) in [7, 11) is 0. The van der Waals surface area contributed by atoms with Crippen LogP contribution in [0.2, 0.25) is 0 Å². The number of hydrogen-bond donors (Lipinski definition) is 2. The molecule has 0 spiro atoms. The maximum atomic E-state index is 11.1. The summed E-state index contributed by atoms with van der Waals surface area (Å²) >= 11 is 1.59. The minimum Gasteiger partial charge on any atom is -0.481 e. The Morgan fingerprint density at radius 3 is 2.71 bits per heavy atom. The van der Waals surface area contributed by atoms with E-state index in [0.717, 1.165) is 32.3 Å². The molecule has 0 fully saturated rings. The number of thiazole rings is 1. The lowest BCUT2D eigenvalue weighted by molar-refractivity contribution is -0.136. The summed E-state index contributed by atoms with van der Waals surface area (Å²) in [5.74, 6) is -0.894. The van der Waals surface area contributed by atoms with Crippen molar-refractivity contribution in [3.63, 3.8) is 0 Å². The first-order valence-corrected chi connectivity index (χ1v) is 9.83. The highest BCUT2D eigenvalue weighted by Gasteiger charge is 2.15. The molecule has 28 heavy (non-hydrogen) atoms. The molecule has 4 aromatic rings. The number of benzene rings is 1. The molecule has 3 heterocycles. The zero-order valence-electron chi connectivity index (χ0n) is 15.6. The van der Waals surface area contributed by atoms with Gasteiger partial charge in [-0.15, -0.1) is 0 Å². The van der Waals surface area contributed by atoms with Crippen LogP contribution in [0.3, 0.4) is 0 Å². The fourth-order valence-corrected chi connectivity index (χ4v) is 4.04. The van der Waals surface area contributed by atoms with Gasteiger partial charge in [-0.2, -0.15) is 0 Å². The van der Waals surface area contributed by atoms with Crippen molar-refractivity contribution < 1.29 is 9.90 Å². The van der Waals surface area contributed by atoms with Crippen LogP contribution in [0.1, 0.15) is 19.5 Å². The molecule has 2 N–H and O–H groups in total. The standard InChI is InChI=1S/C21H20N4O2S/c1-13(2)23-18-10-22-21(28-18)15-8-17(14-6-4-3-5-7-14)20-24-16(9-19(26)27)12-25(20)11-15/h3-8,10-13,23H,9H2,1-2H3,(H,26,27). The molecule has 0 amide bonds. The van der Waals surface area contributed by atoms with Gasteiger partial charge < -0.3 is 14.8 Å². The zero-order valence-corrected chi connectivity index (χ0v) is 16.4. The summed E-state index contributed by atoms with van der Waals surface area (Å²) in [5.41, 5.74) is 4.21. The van der Waals surface area contributed by atoms with Gasteiger partial charge in [-0.05, 0) is 25.5 Å². The zero-order chi connectivity index (χ0) is 19.7. The molecule has 7 heteroatoms. The minimum atomic E-state index is -0.894. The van der Waals surface area contributed by atoms with Crippen LogP contribution < -0.4 is 5.32 Å². The third-order valence-electron chi connectivity index (χ3n) is 4.20. The third-order valence-corrected chi connectivity index (χ3v) is 5.18. The largest absolute Gasteiger partial charge is 0.481 e. The van der Waals surface area contributed by atoms with Crippen molar-refractivity contribution in [2.45, 2.75) is 26.3 Å². The van der Waals surface area contributed by atoms with Crippen molar-refractivity contribution in [2.24, 2.45) is 0 Å². The Morgan fingerprint density at radius 1 is 1.21 bits per heavy atom. The van der Waals surface area contributed by atoms with E-state index < -0.39 is 5.97 Å². The van der Waals surface area contributed by atoms with E-state index in [1.807, 2.05) is 47.1 Å². The number of carboxylic acids is 1. The molecular weight excluding hydrogens is 372 g/mol. The summed E-state index contributed by atoms with van der Waals surface area (Å²) in [4.78, 5) is 20.2. The van der Waals surface area contributed by atoms with Gasteiger partial charge in [0, 0.05) is 29.6 Å². The number of rotatable bonds is 6. The van der Waals surface area contributed by atoms with E-state index in [0.29, 0.717) is 11.7 Å². The SMILES string of the molecule is CC(C)Nc1cnc(-c2cc(-c3ccccc3)c3nc(CC(=O)O)cn3c2)s1. The Morgan fingerprint density at radius 2 is 2.00 bits per heavy atom. The van der Waals surface area contributed by atoms with E-state index in [1.165, 1.54) is 0 Å². The van der Waals surface area contributed by atoms with Crippen molar-refractivity contribution in [1.29, 1.82) is 0 Å². The van der Waals surface area contributed by atoms with Gasteiger partial charge in [0.05, 0.1) is 18.3 Å². The fourth-order valence-electron chi connectivity index (χ4n) is 3.10. The third kappa shape index (κ3) is 3.75. The number of nitrogens with one attached hydrogen (secondary N) is 1. The number of carboxylic acid groups (broad SMARTS) is 1. The van der Waals surface area contributed by atoms with Gasteiger partial charge in [-0.3, -0.25) is 4.79 Å². The number of anilines is 1. The number of pyridine rings is 1. The number of fused-ring (bicyclic) bond motifs is 1. The first-order valence-electron chi connectivity index (χ1n) is 9.01. The molecular formula is C21H20N4O2S. The summed E-state index contributed by atoms with van der Waals surface area (Å²) in [6.45, 7) is 4.18. The number of nitrogens with zero attached hydrogens (tertiary/aromatic N) is 3. The highest BCUT2D eigenvalue weighted by molar-refractivity contribution is 7.18. The van der Waals surface area contributed by atoms with Crippen molar-refractivity contribution in [2.75, 3.05) is 5.32 Å². The number of carbonyl (C=O) groups is 1. The Balaban J connectivity index is 1.85. The summed E-state index contributed by atoms with van der Waals surface area (Å²) in [6.07, 6.45) is 5.47. The van der Waals surface area contributed by atoms with Crippen LogP contribution in [0.4, 0.5) is 5.00 Å². The number of aromatic nitrogens is 3. The van der Waals surface area contributed by atoms with Crippen LogP contribution in [-0.2, 0) is 11.2 Å². The second kappa shape index (κ2) is 7.44. The lowest BCUT2D eigenvalue weighted by atomic mass is 10.1. The normalized spacial score (nSPS) is 11.2. The van der Waals surface area contributed by atoms with Gasteiger partial charge in [0.15, 0.2) is 0 Å². The van der Waals surface area contributed by atoms with E-state index in [-0.39, 0.29) is 6.42 Å². The lowest BCUT2D eigenvalue weighted by Gasteiger charge is -2.07. The van der Waals surface area contributed by atoms with Crippen molar-refractivity contribution in [1.82, 2.24) is 14.4 Å². The quantitative estimate of drug-likeness (QED) is 0.502. The molecule has 0 unspecified atom stereocenters. The highest BCUT2D eigenvalue weighted by atomic mass is 32.1. The molecule has 0 bridgehead atoms. The van der Waals surface area contributed by atoms with Crippen LogP contribution >= 0.6 is 11.3 Å². The Labute approximate surface area is 166 Å².